The van der Waals surface area contributed by atoms with Crippen molar-refractivity contribution in [2.24, 2.45) is 0 Å². The number of carbonyl (C=O) groups is 1. The number of methoxy groups -OCH3 is 1. The van der Waals surface area contributed by atoms with Crippen LogP contribution in [-0.2, 0) is 21.2 Å². The Balaban J connectivity index is 2.21. The first-order chi connectivity index (χ1) is 11.2. The second-order valence-electron chi connectivity index (χ2n) is 4.95. The van der Waals surface area contributed by atoms with E-state index < -0.39 is 21.6 Å². The summed E-state index contributed by atoms with van der Waals surface area (Å²) in [6.45, 7) is -0.226. The van der Waals surface area contributed by atoms with Gasteiger partial charge in [0.25, 0.3) is 0 Å². The minimum Gasteiger partial charge on any atom is -0.496 e. The van der Waals surface area contributed by atoms with Crippen molar-refractivity contribution in [2.45, 2.75) is 11.5 Å². The summed E-state index contributed by atoms with van der Waals surface area (Å²) in [6.07, 6.45) is 0.987. The predicted molar refractivity (Wildman–Crippen MR) is 86.6 cm³/mol. The molecule has 0 bridgehead atoms. The molecule has 0 unspecified atom stereocenters. The Morgan fingerprint density at radius 1 is 1.21 bits per heavy atom. The molecule has 0 saturated carbocycles. The molecule has 5 nitrogen and oxygen atoms in total. The van der Waals surface area contributed by atoms with E-state index in [1.165, 1.54) is 37.4 Å². The van der Waals surface area contributed by atoms with Crippen LogP contribution < -0.4 is 4.74 Å². The zero-order valence-electron chi connectivity index (χ0n) is 12.9. The van der Waals surface area contributed by atoms with Crippen LogP contribution in [0.1, 0.15) is 15.9 Å². The highest BCUT2D eigenvalue weighted by Crippen LogP contribution is 2.24. The van der Waals surface area contributed by atoms with Crippen LogP contribution in [0.3, 0.4) is 0 Å². The van der Waals surface area contributed by atoms with Gasteiger partial charge in [-0.25, -0.2) is 17.6 Å². The summed E-state index contributed by atoms with van der Waals surface area (Å²) in [7, 11) is -2.17. The lowest BCUT2D eigenvalue weighted by Crippen LogP contribution is -2.08. The molecule has 0 aliphatic carbocycles. The molecular weight excluding hydrogens is 359 g/mol. The van der Waals surface area contributed by atoms with E-state index in [0.717, 1.165) is 12.3 Å². The molecule has 0 atom stereocenters. The molecule has 0 spiro atoms. The van der Waals surface area contributed by atoms with E-state index in [2.05, 4.69) is 0 Å². The summed E-state index contributed by atoms with van der Waals surface area (Å²) in [5.74, 6) is -0.882. The fourth-order valence-electron chi connectivity index (χ4n) is 2.00. The Hall–Kier alpha value is -2.12. The van der Waals surface area contributed by atoms with Gasteiger partial charge in [-0.15, -0.1) is 0 Å². The fraction of sp³-hybridized carbons (Fsp3) is 0.188. The van der Waals surface area contributed by atoms with Crippen molar-refractivity contribution in [2.75, 3.05) is 13.4 Å². The lowest BCUT2D eigenvalue weighted by Gasteiger charge is -2.10. The molecule has 0 aliphatic rings. The van der Waals surface area contributed by atoms with Crippen LogP contribution in [-0.4, -0.2) is 27.8 Å². The summed E-state index contributed by atoms with van der Waals surface area (Å²) in [6, 6.07) is 7.63. The Morgan fingerprint density at radius 2 is 1.92 bits per heavy atom. The number of hydrogen-bond acceptors (Lipinski definition) is 5. The lowest BCUT2D eigenvalue weighted by atomic mass is 10.2. The van der Waals surface area contributed by atoms with Gasteiger partial charge >= 0.3 is 5.97 Å². The molecule has 128 valence electrons. The van der Waals surface area contributed by atoms with E-state index in [4.69, 9.17) is 21.1 Å². The molecule has 0 aromatic heterocycles. The number of sulfone groups is 1. The Labute approximate surface area is 143 Å². The Kier molecular flexibility index (Phi) is 5.46. The highest BCUT2D eigenvalue weighted by atomic mass is 35.5. The molecule has 0 fully saturated rings. The fourth-order valence-corrected chi connectivity index (χ4v) is 3.30. The van der Waals surface area contributed by atoms with Crippen molar-refractivity contribution in [1.29, 1.82) is 0 Å². The second-order valence-corrected chi connectivity index (χ2v) is 7.34. The van der Waals surface area contributed by atoms with Crippen LogP contribution in [0, 0.1) is 5.82 Å². The molecule has 24 heavy (non-hydrogen) atoms. The van der Waals surface area contributed by atoms with Gasteiger partial charge in [0.1, 0.15) is 18.2 Å². The number of esters is 1. The molecule has 0 aliphatic heterocycles. The van der Waals surface area contributed by atoms with E-state index in [9.17, 15) is 17.6 Å². The number of hydrogen-bond donors (Lipinski definition) is 0. The average Bonchev–Trinajstić information content (AvgIpc) is 2.52. The zero-order valence-corrected chi connectivity index (χ0v) is 14.4. The summed E-state index contributed by atoms with van der Waals surface area (Å²) >= 11 is 5.83. The molecule has 8 heteroatoms. The largest absolute Gasteiger partial charge is 0.496 e. The van der Waals surface area contributed by atoms with E-state index in [-0.39, 0.29) is 22.1 Å². The van der Waals surface area contributed by atoms with Crippen LogP contribution >= 0.6 is 11.6 Å². The molecule has 0 heterocycles. The number of halogens is 2. The third-order valence-corrected chi connectivity index (χ3v) is 4.75. The van der Waals surface area contributed by atoms with E-state index in [0.29, 0.717) is 11.3 Å². The van der Waals surface area contributed by atoms with Gasteiger partial charge in [-0.3, -0.25) is 0 Å². The summed E-state index contributed by atoms with van der Waals surface area (Å²) in [5, 5.41) is 0.0147. The van der Waals surface area contributed by atoms with E-state index >= 15 is 0 Å². The smallest absolute Gasteiger partial charge is 0.338 e. The zero-order chi connectivity index (χ0) is 17.9. The highest BCUT2D eigenvalue weighted by molar-refractivity contribution is 7.90. The van der Waals surface area contributed by atoms with Crippen LogP contribution in [0.25, 0.3) is 0 Å². The minimum atomic E-state index is -3.58. The normalized spacial score (nSPS) is 11.2. The maximum atomic E-state index is 13.3. The second kappa shape index (κ2) is 7.19. The first-order valence-electron chi connectivity index (χ1n) is 6.71. The van der Waals surface area contributed by atoms with E-state index in [1.807, 2.05) is 0 Å². The van der Waals surface area contributed by atoms with Crippen LogP contribution in [0.15, 0.2) is 41.3 Å². The molecule has 0 amide bonds. The maximum absolute atomic E-state index is 13.3. The lowest BCUT2D eigenvalue weighted by molar-refractivity contribution is 0.0469. The molecule has 0 N–H and O–H groups in total. The Morgan fingerprint density at radius 3 is 2.54 bits per heavy atom. The van der Waals surface area contributed by atoms with Gasteiger partial charge in [0.2, 0.25) is 0 Å². The van der Waals surface area contributed by atoms with Crippen LogP contribution in [0.5, 0.6) is 5.75 Å². The van der Waals surface area contributed by atoms with Crippen molar-refractivity contribution < 1.29 is 27.1 Å². The number of benzene rings is 2. The number of rotatable bonds is 5. The van der Waals surface area contributed by atoms with Gasteiger partial charge in [0.05, 0.1) is 22.6 Å². The molecule has 2 rings (SSSR count). The third kappa shape index (κ3) is 4.24. The molecule has 0 saturated heterocycles. The first kappa shape index (κ1) is 18.2. The van der Waals surface area contributed by atoms with Crippen LogP contribution in [0.2, 0.25) is 5.02 Å². The minimum absolute atomic E-state index is 0.0147. The summed E-state index contributed by atoms with van der Waals surface area (Å²) in [5.41, 5.74) is 0.373. The van der Waals surface area contributed by atoms with Gasteiger partial charge in [-0.1, -0.05) is 11.6 Å². The van der Waals surface area contributed by atoms with Crippen molar-refractivity contribution in [1.82, 2.24) is 0 Å². The van der Waals surface area contributed by atoms with Gasteiger partial charge in [-0.2, -0.15) is 0 Å². The van der Waals surface area contributed by atoms with Gasteiger partial charge in [0.15, 0.2) is 9.84 Å². The first-order valence-corrected chi connectivity index (χ1v) is 8.98. The average molecular weight is 373 g/mol. The molecule has 0 radical (unpaired) electrons. The van der Waals surface area contributed by atoms with Crippen molar-refractivity contribution >= 4 is 27.4 Å². The monoisotopic (exact) mass is 372 g/mol. The van der Waals surface area contributed by atoms with Crippen LogP contribution in [0.4, 0.5) is 4.39 Å². The topological polar surface area (TPSA) is 69.7 Å². The summed E-state index contributed by atoms with van der Waals surface area (Å²) in [4.78, 5) is 11.9. The molecule has 2 aromatic carbocycles. The number of carbonyl (C=O) groups excluding carboxylic acids is 1. The van der Waals surface area contributed by atoms with Gasteiger partial charge < -0.3 is 9.47 Å². The van der Waals surface area contributed by atoms with Crippen molar-refractivity contribution in [3.8, 4) is 5.75 Å². The van der Waals surface area contributed by atoms with Crippen molar-refractivity contribution in [3.63, 3.8) is 0 Å². The highest BCUT2D eigenvalue weighted by Gasteiger charge is 2.17. The third-order valence-electron chi connectivity index (χ3n) is 3.17. The predicted octanol–water partition coefficient (Wildman–Crippen LogP) is 3.25. The SMILES string of the molecule is COc1ccc(F)cc1COC(=O)c1ccc(Cl)c(S(C)(=O)=O)c1. The van der Waals surface area contributed by atoms with Gasteiger partial charge in [0, 0.05) is 11.8 Å². The maximum Gasteiger partial charge on any atom is 0.338 e. The van der Waals surface area contributed by atoms with Gasteiger partial charge in [-0.05, 0) is 36.4 Å². The molecule has 2 aromatic rings. The molecular formula is C16H14ClFO5S. The van der Waals surface area contributed by atoms with E-state index in [1.54, 1.807) is 0 Å². The quantitative estimate of drug-likeness (QED) is 0.753. The standard InChI is InChI=1S/C16H14ClFO5S/c1-22-14-6-4-12(18)7-11(14)9-23-16(19)10-3-5-13(17)15(8-10)24(2,20)21/h3-8H,9H2,1-2H3. The van der Waals surface area contributed by atoms with Crippen molar-refractivity contribution in [3.05, 3.63) is 58.4 Å². The Bertz CT molecular complexity index is 880. The number of ether oxygens (including phenoxy) is 2. The summed E-state index contributed by atoms with van der Waals surface area (Å²) < 4.78 is 46.7.